The van der Waals surface area contributed by atoms with Gasteiger partial charge in [-0.3, -0.25) is 4.90 Å². The lowest BCUT2D eigenvalue weighted by molar-refractivity contribution is -0.145. The Morgan fingerprint density at radius 2 is 1.74 bits per heavy atom. The molecular weight excluding hydrogens is 246 g/mol. The second-order valence-corrected chi connectivity index (χ2v) is 6.27. The van der Waals surface area contributed by atoms with Crippen LogP contribution >= 0.6 is 0 Å². The van der Waals surface area contributed by atoms with E-state index in [1.54, 1.807) is 20.8 Å². The summed E-state index contributed by atoms with van der Waals surface area (Å²) in [5.41, 5.74) is -0.610. The van der Waals surface area contributed by atoms with Crippen LogP contribution in [-0.4, -0.2) is 40.8 Å². The van der Waals surface area contributed by atoms with Crippen LogP contribution in [0.1, 0.15) is 52.9 Å². The van der Waals surface area contributed by atoms with Crippen LogP contribution in [0.4, 0.5) is 4.79 Å². The number of likely N-dealkylation sites (N-methyl/N-ethyl adjacent to an activating group) is 1. The molecule has 1 saturated carbocycles. The number of carbonyl (C=O) groups is 2. The van der Waals surface area contributed by atoms with Gasteiger partial charge in [0.15, 0.2) is 0 Å². The van der Waals surface area contributed by atoms with Crippen molar-refractivity contribution in [1.82, 2.24) is 4.90 Å². The highest BCUT2D eigenvalue weighted by molar-refractivity contribution is 5.80. The number of hydrogen-bond donors (Lipinski definition) is 1. The molecule has 0 aromatic heterocycles. The summed E-state index contributed by atoms with van der Waals surface area (Å²) in [5.74, 6) is -0.913. The molecule has 0 saturated heterocycles. The van der Waals surface area contributed by atoms with E-state index in [4.69, 9.17) is 4.74 Å². The summed E-state index contributed by atoms with van der Waals surface area (Å²) in [6.07, 6.45) is 4.39. The highest BCUT2D eigenvalue weighted by Gasteiger charge is 2.36. The standard InChI is InChI=1S/C14H25NO4/c1-14(2,3)19-13(18)15(4)11(12(16)17)10-8-6-5-7-9-10/h10-11H,5-9H2,1-4H3,(H,16,17)/t11-/m0/s1. The van der Waals surface area contributed by atoms with Crippen LogP contribution < -0.4 is 0 Å². The number of ether oxygens (including phenoxy) is 1. The first kappa shape index (κ1) is 15.8. The summed E-state index contributed by atoms with van der Waals surface area (Å²) < 4.78 is 5.25. The average molecular weight is 271 g/mol. The Bertz CT molecular complexity index is 329. The van der Waals surface area contributed by atoms with Gasteiger partial charge < -0.3 is 9.84 Å². The maximum absolute atomic E-state index is 12.0. The number of aliphatic carboxylic acids is 1. The molecule has 1 rings (SSSR count). The minimum Gasteiger partial charge on any atom is -0.480 e. The molecule has 0 aromatic carbocycles. The van der Waals surface area contributed by atoms with Crippen LogP contribution in [0, 0.1) is 5.92 Å². The van der Waals surface area contributed by atoms with Gasteiger partial charge in [0, 0.05) is 7.05 Å². The number of rotatable bonds is 3. The van der Waals surface area contributed by atoms with Crippen molar-refractivity contribution in [1.29, 1.82) is 0 Å². The molecule has 5 nitrogen and oxygen atoms in total. The van der Waals surface area contributed by atoms with Crippen molar-refractivity contribution in [2.24, 2.45) is 5.92 Å². The summed E-state index contributed by atoms with van der Waals surface area (Å²) >= 11 is 0. The second kappa shape index (κ2) is 6.26. The maximum atomic E-state index is 12.0. The SMILES string of the molecule is CN(C(=O)OC(C)(C)C)[C@H](C(=O)O)C1CCCCC1. The van der Waals surface area contributed by atoms with Crippen LogP contribution in [0.2, 0.25) is 0 Å². The Hall–Kier alpha value is -1.26. The molecule has 1 fully saturated rings. The van der Waals surface area contributed by atoms with Crippen LogP contribution in [-0.2, 0) is 9.53 Å². The van der Waals surface area contributed by atoms with Crippen molar-refractivity contribution in [2.75, 3.05) is 7.05 Å². The zero-order chi connectivity index (χ0) is 14.6. The third kappa shape index (κ3) is 4.73. The fraction of sp³-hybridized carbons (Fsp3) is 0.857. The number of nitrogens with zero attached hydrogens (tertiary/aromatic N) is 1. The van der Waals surface area contributed by atoms with Gasteiger partial charge in [-0.2, -0.15) is 0 Å². The van der Waals surface area contributed by atoms with Crippen molar-refractivity contribution in [2.45, 2.75) is 64.5 Å². The molecule has 1 aliphatic rings. The van der Waals surface area contributed by atoms with Gasteiger partial charge in [0.25, 0.3) is 0 Å². The fourth-order valence-corrected chi connectivity index (χ4v) is 2.58. The van der Waals surface area contributed by atoms with E-state index >= 15 is 0 Å². The van der Waals surface area contributed by atoms with Crippen LogP contribution in [0.5, 0.6) is 0 Å². The average Bonchev–Trinajstić information content (AvgIpc) is 2.27. The van der Waals surface area contributed by atoms with Crippen LogP contribution in [0.3, 0.4) is 0 Å². The molecule has 1 atom stereocenters. The third-order valence-electron chi connectivity index (χ3n) is 3.45. The van der Waals surface area contributed by atoms with Crippen molar-refractivity contribution in [3.8, 4) is 0 Å². The number of carbonyl (C=O) groups excluding carboxylic acids is 1. The first-order chi connectivity index (χ1) is 8.72. The van der Waals surface area contributed by atoms with Gasteiger partial charge >= 0.3 is 12.1 Å². The lowest BCUT2D eigenvalue weighted by atomic mass is 9.83. The Morgan fingerprint density at radius 1 is 1.21 bits per heavy atom. The molecule has 1 aliphatic carbocycles. The zero-order valence-corrected chi connectivity index (χ0v) is 12.3. The first-order valence-corrected chi connectivity index (χ1v) is 6.91. The van der Waals surface area contributed by atoms with E-state index in [-0.39, 0.29) is 5.92 Å². The normalized spacial score (nSPS) is 18.7. The van der Waals surface area contributed by atoms with Crippen molar-refractivity contribution in [3.63, 3.8) is 0 Å². The van der Waals surface area contributed by atoms with E-state index in [1.807, 2.05) is 0 Å². The molecule has 0 unspecified atom stereocenters. The fourth-order valence-electron chi connectivity index (χ4n) is 2.58. The summed E-state index contributed by atoms with van der Waals surface area (Å²) in [4.78, 5) is 24.7. The number of carboxylic acid groups (broad SMARTS) is 1. The molecule has 0 aliphatic heterocycles. The Labute approximate surface area is 114 Å². The molecule has 19 heavy (non-hydrogen) atoms. The molecule has 0 spiro atoms. The Balaban J connectivity index is 2.74. The smallest absolute Gasteiger partial charge is 0.410 e. The van der Waals surface area contributed by atoms with E-state index in [1.165, 1.54) is 11.9 Å². The monoisotopic (exact) mass is 271 g/mol. The van der Waals surface area contributed by atoms with Gasteiger partial charge in [-0.15, -0.1) is 0 Å². The van der Waals surface area contributed by atoms with Gasteiger partial charge in [0.1, 0.15) is 11.6 Å². The minimum absolute atomic E-state index is 0.0313. The quantitative estimate of drug-likeness (QED) is 0.857. The molecule has 1 N–H and O–H groups in total. The highest BCUT2D eigenvalue weighted by atomic mass is 16.6. The van der Waals surface area contributed by atoms with Crippen LogP contribution in [0.15, 0.2) is 0 Å². The van der Waals surface area contributed by atoms with E-state index in [0.717, 1.165) is 32.1 Å². The largest absolute Gasteiger partial charge is 0.480 e. The summed E-state index contributed by atoms with van der Waals surface area (Å²) in [5, 5.41) is 9.39. The van der Waals surface area contributed by atoms with Crippen molar-refractivity contribution < 1.29 is 19.4 Å². The molecule has 0 bridgehead atoms. The maximum Gasteiger partial charge on any atom is 0.410 e. The second-order valence-electron chi connectivity index (χ2n) is 6.27. The molecule has 0 radical (unpaired) electrons. The molecule has 1 amide bonds. The summed E-state index contributed by atoms with van der Waals surface area (Å²) in [7, 11) is 1.52. The van der Waals surface area contributed by atoms with Gasteiger partial charge in [-0.25, -0.2) is 9.59 Å². The van der Waals surface area contributed by atoms with E-state index in [9.17, 15) is 14.7 Å². The lowest BCUT2D eigenvalue weighted by Crippen LogP contribution is -2.49. The topological polar surface area (TPSA) is 66.8 Å². The summed E-state index contributed by atoms with van der Waals surface area (Å²) in [6, 6.07) is -0.782. The Morgan fingerprint density at radius 3 is 2.16 bits per heavy atom. The van der Waals surface area contributed by atoms with Crippen LogP contribution in [0.25, 0.3) is 0 Å². The van der Waals surface area contributed by atoms with E-state index in [0.29, 0.717) is 0 Å². The number of amides is 1. The van der Waals surface area contributed by atoms with Gasteiger partial charge in [-0.1, -0.05) is 19.3 Å². The van der Waals surface area contributed by atoms with Gasteiger partial charge in [0.05, 0.1) is 0 Å². The predicted molar refractivity (Wildman–Crippen MR) is 72.0 cm³/mol. The third-order valence-corrected chi connectivity index (χ3v) is 3.45. The van der Waals surface area contributed by atoms with Crippen molar-refractivity contribution in [3.05, 3.63) is 0 Å². The molecule has 0 heterocycles. The number of carboxylic acids is 1. The summed E-state index contributed by atoms with van der Waals surface area (Å²) in [6.45, 7) is 5.32. The first-order valence-electron chi connectivity index (χ1n) is 6.91. The van der Waals surface area contributed by atoms with Crippen molar-refractivity contribution >= 4 is 12.1 Å². The van der Waals surface area contributed by atoms with Gasteiger partial charge in [-0.05, 0) is 39.5 Å². The highest BCUT2D eigenvalue weighted by Crippen LogP contribution is 2.29. The lowest BCUT2D eigenvalue weighted by Gasteiger charge is -2.34. The molecular formula is C14H25NO4. The number of hydrogen-bond acceptors (Lipinski definition) is 3. The molecule has 0 aromatic rings. The molecule has 110 valence electrons. The molecule has 5 heteroatoms. The zero-order valence-electron chi connectivity index (χ0n) is 12.3. The Kier molecular flexibility index (Phi) is 5.20. The van der Waals surface area contributed by atoms with E-state index in [2.05, 4.69) is 0 Å². The predicted octanol–water partition coefficient (Wildman–Crippen LogP) is 2.89. The van der Waals surface area contributed by atoms with Gasteiger partial charge in [0.2, 0.25) is 0 Å². The van der Waals surface area contributed by atoms with E-state index < -0.39 is 23.7 Å². The minimum atomic E-state index is -0.944.